The number of rotatable bonds is 2. The number of hydrogen-bond acceptors (Lipinski definition) is 4. The molecule has 0 aromatic heterocycles. The fraction of sp³-hybridized carbons (Fsp3) is 0.467. The van der Waals surface area contributed by atoms with Gasteiger partial charge in [0.15, 0.2) is 6.10 Å². The highest BCUT2D eigenvalue weighted by Crippen LogP contribution is 2.37. The normalized spacial score (nSPS) is 25.4. The molecule has 0 unspecified atom stereocenters. The second-order valence-electron chi connectivity index (χ2n) is 5.20. The predicted octanol–water partition coefficient (Wildman–Crippen LogP) is 2.26. The summed E-state index contributed by atoms with van der Waals surface area (Å²) in [6.07, 6.45) is -0.450. The molecular weight excluding hydrogens is 292 g/mol. The van der Waals surface area contributed by atoms with E-state index in [0.29, 0.717) is 37.0 Å². The fourth-order valence-corrected chi connectivity index (χ4v) is 2.95. The van der Waals surface area contributed by atoms with Crippen LogP contribution in [0.3, 0.4) is 0 Å². The Labute approximate surface area is 128 Å². The van der Waals surface area contributed by atoms with Crippen LogP contribution < -0.4 is 0 Å². The molecule has 1 aromatic carbocycles. The molecule has 0 N–H and O–H groups in total. The Kier molecular flexibility index (Phi) is 4.12. The van der Waals surface area contributed by atoms with E-state index in [-0.39, 0.29) is 5.91 Å². The summed E-state index contributed by atoms with van der Waals surface area (Å²) in [5, 5.41) is 4.60. The van der Waals surface area contributed by atoms with Crippen molar-refractivity contribution >= 4 is 23.2 Å². The first-order chi connectivity index (χ1) is 10.2. The summed E-state index contributed by atoms with van der Waals surface area (Å²) in [5.41, 5.74) is 1.49. The Balaban J connectivity index is 1.85. The van der Waals surface area contributed by atoms with Gasteiger partial charge in [0.25, 0.3) is 0 Å². The minimum Gasteiger partial charge on any atom is -0.386 e. The Morgan fingerprint density at radius 1 is 1.33 bits per heavy atom. The van der Waals surface area contributed by atoms with E-state index < -0.39 is 12.0 Å². The molecule has 0 bridgehead atoms. The van der Waals surface area contributed by atoms with Crippen LogP contribution in [0.25, 0.3) is 0 Å². The van der Waals surface area contributed by atoms with Crippen molar-refractivity contribution in [3.05, 3.63) is 34.9 Å². The van der Waals surface area contributed by atoms with E-state index in [4.69, 9.17) is 21.2 Å². The van der Waals surface area contributed by atoms with Gasteiger partial charge in [-0.05, 0) is 13.0 Å². The van der Waals surface area contributed by atoms with Crippen LogP contribution in [-0.2, 0) is 14.4 Å². The molecule has 112 valence electrons. The van der Waals surface area contributed by atoms with Crippen LogP contribution in [0.2, 0.25) is 5.02 Å². The minimum absolute atomic E-state index is 0.0296. The number of amides is 1. The van der Waals surface area contributed by atoms with Crippen LogP contribution in [0.4, 0.5) is 0 Å². The lowest BCUT2D eigenvalue weighted by atomic mass is 9.91. The number of oxime groups is 1. The van der Waals surface area contributed by atoms with Crippen LogP contribution >= 0.6 is 11.6 Å². The number of nitrogens with zero attached hydrogens (tertiary/aromatic N) is 2. The van der Waals surface area contributed by atoms with E-state index in [0.717, 1.165) is 5.56 Å². The summed E-state index contributed by atoms with van der Waals surface area (Å²) >= 11 is 6.23. The molecule has 2 heterocycles. The van der Waals surface area contributed by atoms with Crippen molar-refractivity contribution in [3.63, 3.8) is 0 Å². The average molecular weight is 309 g/mol. The van der Waals surface area contributed by atoms with Crippen LogP contribution in [0, 0.1) is 5.92 Å². The lowest BCUT2D eigenvalue weighted by Crippen LogP contribution is -2.46. The summed E-state index contributed by atoms with van der Waals surface area (Å²) in [6, 6.07) is 7.41. The molecule has 1 saturated heterocycles. The lowest BCUT2D eigenvalue weighted by Gasteiger charge is -2.30. The first kappa shape index (κ1) is 14.4. The van der Waals surface area contributed by atoms with Crippen LogP contribution in [0.1, 0.15) is 18.6 Å². The molecule has 1 aromatic rings. The average Bonchev–Trinajstić information content (AvgIpc) is 2.89. The molecule has 21 heavy (non-hydrogen) atoms. The van der Waals surface area contributed by atoms with Gasteiger partial charge in [-0.1, -0.05) is 35.0 Å². The van der Waals surface area contributed by atoms with Crippen LogP contribution in [0.5, 0.6) is 0 Å². The van der Waals surface area contributed by atoms with Gasteiger partial charge in [0.1, 0.15) is 5.92 Å². The summed E-state index contributed by atoms with van der Waals surface area (Å²) in [7, 11) is 0. The standard InChI is InChI=1S/C15H17ClN2O3/c1-10-13(15(19)18-6-8-20-9-7-18)14(21-17-10)11-4-2-3-5-12(11)16/h2-5,13-14H,6-9H2,1H3/t13-,14+/m0/s1. The number of carbonyl (C=O) groups is 1. The minimum atomic E-state index is -0.450. The summed E-state index contributed by atoms with van der Waals surface area (Å²) in [5.74, 6) is -0.384. The first-order valence-electron chi connectivity index (χ1n) is 7.00. The molecule has 0 radical (unpaired) electrons. The number of hydrogen-bond donors (Lipinski definition) is 0. The fourth-order valence-electron chi connectivity index (χ4n) is 2.71. The number of benzene rings is 1. The predicted molar refractivity (Wildman–Crippen MR) is 79.3 cm³/mol. The number of carbonyl (C=O) groups excluding carboxylic acids is 1. The number of ether oxygens (including phenoxy) is 1. The molecule has 5 nitrogen and oxygen atoms in total. The van der Waals surface area contributed by atoms with Gasteiger partial charge in [-0.3, -0.25) is 4.79 Å². The molecule has 0 spiro atoms. The second kappa shape index (κ2) is 6.03. The second-order valence-corrected chi connectivity index (χ2v) is 5.60. The van der Waals surface area contributed by atoms with Gasteiger partial charge in [0, 0.05) is 23.7 Å². The number of halogens is 1. The van der Waals surface area contributed by atoms with Crippen molar-refractivity contribution in [2.24, 2.45) is 11.1 Å². The monoisotopic (exact) mass is 308 g/mol. The van der Waals surface area contributed by atoms with E-state index in [1.54, 1.807) is 6.07 Å². The Hall–Kier alpha value is -1.59. The van der Waals surface area contributed by atoms with Crippen molar-refractivity contribution in [1.82, 2.24) is 4.90 Å². The smallest absolute Gasteiger partial charge is 0.235 e. The van der Waals surface area contributed by atoms with E-state index in [1.165, 1.54) is 0 Å². The van der Waals surface area contributed by atoms with Crippen molar-refractivity contribution in [1.29, 1.82) is 0 Å². The van der Waals surface area contributed by atoms with Crippen molar-refractivity contribution < 1.29 is 14.4 Å². The molecule has 0 aliphatic carbocycles. The Bertz CT molecular complexity index is 570. The van der Waals surface area contributed by atoms with Gasteiger partial charge >= 0.3 is 0 Å². The summed E-state index contributed by atoms with van der Waals surface area (Å²) in [4.78, 5) is 20.1. The highest BCUT2D eigenvalue weighted by molar-refractivity contribution is 6.31. The van der Waals surface area contributed by atoms with Crippen molar-refractivity contribution in [3.8, 4) is 0 Å². The quantitative estimate of drug-likeness (QED) is 0.842. The Morgan fingerprint density at radius 2 is 2.05 bits per heavy atom. The summed E-state index contributed by atoms with van der Waals surface area (Å²) < 4.78 is 5.29. The first-order valence-corrected chi connectivity index (χ1v) is 7.37. The maximum absolute atomic E-state index is 12.8. The topological polar surface area (TPSA) is 51.1 Å². The zero-order valence-corrected chi connectivity index (χ0v) is 12.5. The van der Waals surface area contributed by atoms with Gasteiger partial charge in [-0.2, -0.15) is 0 Å². The zero-order chi connectivity index (χ0) is 14.8. The summed E-state index contributed by atoms with van der Waals surface area (Å²) in [6.45, 7) is 4.19. The van der Waals surface area contributed by atoms with Crippen molar-refractivity contribution in [2.45, 2.75) is 13.0 Å². The van der Waals surface area contributed by atoms with E-state index in [1.807, 2.05) is 30.0 Å². The molecular formula is C15H17ClN2O3. The molecule has 2 aliphatic heterocycles. The van der Waals surface area contributed by atoms with E-state index >= 15 is 0 Å². The van der Waals surface area contributed by atoms with Gasteiger partial charge in [-0.15, -0.1) is 0 Å². The van der Waals surface area contributed by atoms with Gasteiger partial charge in [0.2, 0.25) is 5.91 Å². The molecule has 6 heteroatoms. The maximum Gasteiger partial charge on any atom is 0.235 e. The highest BCUT2D eigenvalue weighted by atomic mass is 35.5. The van der Waals surface area contributed by atoms with Crippen LogP contribution in [0.15, 0.2) is 29.4 Å². The highest BCUT2D eigenvalue weighted by Gasteiger charge is 2.41. The van der Waals surface area contributed by atoms with Gasteiger partial charge < -0.3 is 14.5 Å². The molecule has 1 fully saturated rings. The Morgan fingerprint density at radius 3 is 2.76 bits per heavy atom. The third-order valence-electron chi connectivity index (χ3n) is 3.86. The third-order valence-corrected chi connectivity index (χ3v) is 4.21. The maximum atomic E-state index is 12.8. The zero-order valence-electron chi connectivity index (χ0n) is 11.8. The molecule has 0 saturated carbocycles. The molecule has 3 rings (SSSR count). The van der Waals surface area contributed by atoms with Gasteiger partial charge in [0.05, 0.1) is 18.9 Å². The number of morpholine rings is 1. The van der Waals surface area contributed by atoms with E-state index in [9.17, 15) is 4.79 Å². The molecule has 1 amide bonds. The largest absolute Gasteiger partial charge is 0.386 e. The molecule has 2 atom stereocenters. The van der Waals surface area contributed by atoms with Crippen molar-refractivity contribution in [2.75, 3.05) is 26.3 Å². The van der Waals surface area contributed by atoms with E-state index in [2.05, 4.69) is 5.16 Å². The lowest BCUT2D eigenvalue weighted by molar-refractivity contribution is -0.140. The molecule has 2 aliphatic rings. The SMILES string of the molecule is CC1=NO[C@H](c2ccccc2Cl)[C@H]1C(=O)N1CCOCC1. The van der Waals surface area contributed by atoms with Crippen LogP contribution in [-0.4, -0.2) is 42.8 Å². The van der Waals surface area contributed by atoms with Gasteiger partial charge in [-0.25, -0.2) is 0 Å². The third kappa shape index (κ3) is 2.76.